The molecular formula is C14H16N4. The molecule has 0 radical (unpaired) electrons. The molecule has 0 aliphatic heterocycles. The fourth-order valence-electron chi connectivity index (χ4n) is 2.35. The maximum absolute atomic E-state index is 4.17. The molecule has 2 aromatic heterocycles. The van der Waals surface area contributed by atoms with Crippen LogP contribution in [0.3, 0.4) is 0 Å². The van der Waals surface area contributed by atoms with E-state index in [-0.39, 0.29) is 0 Å². The van der Waals surface area contributed by atoms with Gasteiger partial charge in [0.2, 0.25) is 0 Å². The third-order valence-corrected chi connectivity index (χ3v) is 3.31. The van der Waals surface area contributed by atoms with Gasteiger partial charge in [0.1, 0.15) is 12.7 Å². The van der Waals surface area contributed by atoms with Gasteiger partial charge in [-0.05, 0) is 29.7 Å². The molecule has 92 valence electrons. The van der Waals surface area contributed by atoms with E-state index < -0.39 is 0 Å². The smallest absolute Gasteiger partial charge is 0.138 e. The van der Waals surface area contributed by atoms with Crippen molar-refractivity contribution in [2.75, 3.05) is 0 Å². The predicted molar refractivity (Wildman–Crippen MR) is 71.9 cm³/mol. The maximum Gasteiger partial charge on any atom is 0.138 e. The Morgan fingerprint density at radius 2 is 2.06 bits per heavy atom. The van der Waals surface area contributed by atoms with Crippen molar-refractivity contribution in [3.05, 3.63) is 42.6 Å². The topological polar surface area (TPSA) is 35.6 Å². The lowest BCUT2D eigenvalue weighted by molar-refractivity contribution is 0.857. The van der Waals surface area contributed by atoms with E-state index in [0.717, 1.165) is 5.69 Å². The summed E-state index contributed by atoms with van der Waals surface area (Å²) < 4.78 is 3.96. The first-order valence-electron chi connectivity index (χ1n) is 6.11. The molecule has 0 saturated heterocycles. The van der Waals surface area contributed by atoms with Crippen LogP contribution >= 0.6 is 0 Å². The second kappa shape index (κ2) is 3.98. The fourth-order valence-corrected chi connectivity index (χ4v) is 2.35. The summed E-state index contributed by atoms with van der Waals surface area (Å²) in [6.07, 6.45) is 5.48. The van der Waals surface area contributed by atoms with E-state index in [1.807, 2.05) is 0 Å². The van der Waals surface area contributed by atoms with Crippen molar-refractivity contribution in [3.63, 3.8) is 0 Å². The zero-order valence-corrected chi connectivity index (χ0v) is 10.8. The molecule has 0 amide bonds. The first-order valence-corrected chi connectivity index (χ1v) is 6.11. The molecule has 18 heavy (non-hydrogen) atoms. The molecule has 4 heteroatoms. The van der Waals surface area contributed by atoms with Crippen LogP contribution < -0.4 is 0 Å². The van der Waals surface area contributed by atoms with Crippen molar-refractivity contribution in [2.45, 2.75) is 19.8 Å². The summed E-state index contributed by atoms with van der Waals surface area (Å²) in [4.78, 5) is 3.99. The third kappa shape index (κ3) is 1.61. The molecule has 0 atom stereocenters. The molecule has 4 nitrogen and oxygen atoms in total. The monoisotopic (exact) mass is 240 g/mol. The molecule has 0 bridgehead atoms. The molecule has 0 spiro atoms. The maximum atomic E-state index is 4.17. The normalized spacial score (nSPS) is 11.6. The van der Waals surface area contributed by atoms with Gasteiger partial charge in [-0.25, -0.2) is 9.67 Å². The Balaban J connectivity index is 2.25. The lowest BCUT2D eigenvalue weighted by atomic mass is 10.0. The molecule has 3 aromatic rings. The number of hydrogen-bond donors (Lipinski definition) is 0. The van der Waals surface area contributed by atoms with Crippen LogP contribution in [0.4, 0.5) is 0 Å². The second-order valence-electron chi connectivity index (χ2n) is 4.89. The van der Waals surface area contributed by atoms with Gasteiger partial charge in [0.25, 0.3) is 0 Å². The van der Waals surface area contributed by atoms with Crippen molar-refractivity contribution < 1.29 is 0 Å². The van der Waals surface area contributed by atoms with Gasteiger partial charge in [-0.1, -0.05) is 13.8 Å². The zero-order valence-electron chi connectivity index (χ0n) is 10.8. The molecule has 0 saturated carbocycles. The van der Waals surface area contributed by atoms with Gasteiger partial charge in [-0.3, -0.25) is 0 Å². The summed E-state index contributed by atoms with van der Waals surface area (Å²) in [6, 6.07) is 6.39. The van der Waals surface area contributed by atoms with Crippen molar-refractivity contribution in [1.82, 2.24) is 19.3 Å². The van der Waals surface area contributed by atoms with Gasteiger partial charge >= 0.3 is 0 Å². The number of benzene rings is 1. The standard InChI is InChI=1S/C14H16N4/c1-10(2)13-7-17(3)14-5-4-11(6-12(13)14)18-9-15-8-16-18/h4-10H,1-3H3. The van der Waals surface area contributed by atoms with Gasteiger partial charge in [0.15, 0.2) is 0 Å². The van der Waals surface area contributed by atoms with E-state index >= 15 is 0 Å². The Kier molecular flexibility index (Phi) is 2.44. The van der Waals surface area contributed by atoms with E-state index in [0.29, 0.717) is 5.92 Å². The van der Waals surface area contributed by atoms with Gasteiger partial charge < -0.3 is 4.57 Å². The first-order chi connectivity index (χ1) is 8.66. The van der Waals surface area contributed by atoms with Gasteiger partial charge in [0, 0.05) is 24.1 Å². The Labute approximate surface area is 106 Å². The highest BCUT2D eigenvalue weighted by Gasteiger charge is 2.10. The minimum atomic E-state index is 0.514. The number of fused-ring (bicyclic) bond motifs is 1. The number of aromatic nitrogens is 4. The molecule has 1 aromatic carbocycles. The van der Waals surface area contributed by atoms with Gasteiger partial charge in [-0.2, -0.15) is 5.10 Å². The van der Waals surface area contributed by atoms with Gasteiger partial charge in [0.05, 0.1) is 5.69 Å². The first kappa shape index (κ1) is 11.0. The van der Waals surface area contributed by atoms with Crippen LogP contribution in [-0.4, -0.2) is 19.3 Å². The Morgan fingerprint density at radius 1 is 1.22 bits per heavy atom. The van der Waals surface area contributed by atoms with Crippen LogP contribution in [0.5, 0.6) is 0 Å². The summed E-state index contributed by atoms with van der Waals surface area (Å²) in [7, 11) is 2.09. The average Bonchev–Trinajstić information content (AvgIpc) is 2.97. The lowest BCUT2D eigenvalue weighted by Crippen LogP contribution is -1.94. The molecule has 0 fully saturated rings. The fraction of sp³-hybridized carbons (Fsp3) is 0.286. The van der Waals surface area contributed by atoms with E-state index in [2.05, 4.69) is 59.9 Å². The highest BCUT2D eigenvalue weighted by atomic mass is 15.3. The van der Waals surface area contributed by atoms with Crippen molar-refractivity contribution in [2.24, 2.45) is 7.05 Å². The highest BCUT2D eigenvalue weighted by molar-refractivity contribution is 5.86. The summed E-state index contributed by atoms with van der Waals surface area (Å²) in [5.41, 5.74) is 3.67. The SMILES string of the molecule is CC(C)c1cn(C)c2ccc(-n3cncn3)cc12. The summed E-state index contributed by atoms with van der Waals surface area (Å²) in [5, 5.41) is 5.47. The minimum absolute atomic E-state index is 0.514. The van der Waals surface area contributed by atoms with Crippen LogP contribution in [0.25, 0.3) is 16.6 Å². The van der Waals surface area contributed by atoms with Crippen LogP contribution in [0, 0.1) is 0 Å². The van der Waals surface area contributed by atoms with E-state index in [1.54, 1.807) is 17.3 Å². The molecule has 0 N–H and O–H groups in total. The zero-order chi connectivity index (χ0) is 12.7. The van der Waals surface area contributed by atoms with E-state index in [4.69, 9.17) is 0 Å². The molecule has 0 unspecified atom stereocenters. The quantitative estimate of drug-likeness (QED) is 0.690. The average molecular weight is 240 g/mol. The van der Waals surface area contributed by atoms with Crippen molar-refractivity contribution >= 4 is 10.9 Å². The van der Waals surface area contributed by atoms with Crippen molar-refractivity contribution in [3.8, 4) is 5.69 Å². The van der Waals surface area contributed by atoms with Crippen LogP contribution in [0.15, 0.2) is 37.1 Å². The third-order valence-electron chi connectivity index (χ3n) is 3.31. The largest absolute Gasteiger partial charge is 0.350 e. The highest BCUT2D eigenvalue weighted by Crippen LogP contribution is 2.28. The Bertz CT molecular complexity index is 677. The molecule has 3 rings (SSSR count). The van der Waals surface area contributed by atoms with Gasteiger partial charge in [-0.15, -0.1) is 0 Å². The molecule has 2 heterocycles. The molecular weight excluding hydrogens is 224 g/mol. The van der Waals surface area contributed by atoms with Crippen LogP contribution in [-0.2, 0) is 7.05 Å². The molecule has 0 aliphatic rings. The van der Waals surface area contributed by atoms with Crippen LogP contribution in [0.1, 0.15) is 25.3 Å². The van der Waals surface area contributed by atoms with Crippen LogP contribution in [0.2, 0.25) is 0 Å². The summed E-state index contributed by atoms with van der Waals surface area (Å²) in [6.45, 7) is 4.44. The molecule has 0 aliphatic carbocycles. The Hall–Kier alpha value is -2.10. The summed E-state index contributed by atoms with van der Waals surface area (Å²) >= 11 is 0. The van der Waals surface area contributed by atoms with Crippen molar-refractivity contribution in [1.29, 1.82) is 0 Å². The number of aryl methyl sites for hydroxylation is 1. The summed E-state index contributed by atoms with van der Waals surface area (Å²) in [5.74, 6) is 0.514. The number of hydrogen-bond acceptors (Lipinski definition) is 2. The predicted octanol–water partition coefficient (Wildman–Crippen LogP) is 2.88. The number of nitrogens with zero attached hydrogens (tertiary/aromatic N) is 4. The number of rotatable bonds is 2. The minimum Gasteiger partial charge on any atom is -0.350 e. The van der Waals surface area contributed by atoms with E-state index in [9.17, 15) is 0 Å². The van der Waals surface area contributed by atoms with E-state index in [1.165, 1.54) is 16.5 Å². The second-order valence-corrected chi connectivity index (χ2v) is 4.89. The Morgan fingerprint density at radius 3 is 2.72 bits per heavy atom. The lowest BCUT2D eigenvalue weighted by Gasteiger charge is -2.04.